The van der Waals surface area contributed by atoms with Crippen LogP contribution < -0.4 is 15.8 Å². The number of carbonyl (C=O) groups excluding carboxylic acids is 2. The van der Waals surface area contributed by atoms with E-state index >= 15 is 0 Å². The van der Waals surface area contributed by atoms with E-state index in [0.717, 1.165) is 45.4 Å². The molecule has 1 aliphatic rings. The highest BCUT2D eigenvalue weighted by atomic mass is 19.4. The zero-order valence-corrected chi connectivity index (χ0v) is 18.6. The summed E-state index contributed by atoms with van der Waals surface area (Å²) in [4.78, 5) is 28.2. The number of anilines is 1. The number of hydrogen-bond acceptors (Lipinski definition) is 5. The number of halogens is 6. The number of amides is 2. The molecule has 0 unspecified atom stereocenters. The SMILES string of the molecule is COc1c([C@H]2[C@@H](C(=O)Nc3ccnc(C(N)=O)c3)O[C@](C)(C(F)(F)F)[C@H]2C)cccc1C(F)(F)F. The van der Waals surface area contributed by atoms with Gasteiger partial charge in [0.15, 0.2) is 5.60 Å². The van der Waals surface area contributed by atoms with Gasteiger partial charge in [-0.25, -0.2) is 0 Å². The van der Waals surface area contributed by atoms with Gasteiger partial charge in [-0.3, -0.25) is 14.6 Å². The van der Waals surface area contributed by atoms with Crippen molar-refractivity contribution in [3.8, 4) is 5.75 Å². The van der Waals surface area contributed by atoms with Crippen LogP contribution in [0.15, 0.2) is 36.5 Å². The van der Waals surface area contributed by atoms with Crippen LogP contribution in [0.2, 0.25) is 0 Å². The summed E-state index contributed by atoms with van der Waals surface area (Å²) in [7, 11) is 0.953. The number of carbonyl (C=O) groups is 2. The molecule has 7 nitrogen and oxygen atoms in total. The number of para-hydroxylation sites is 1. The first kappa shape index (κ1) is 26.3. The van der Waals surface area contributed by atoms with E-state index in [0.29, 0.717) is 0 Å². The molecule has 2 amide bonds. The molecule has 1 fully saturated rings. The Labute approximate surface area is 195 Å². The summed E-state index contributed by atoms with van der Waals surface area (Å²) in [5, 5.41) is 2.33. The van der Waals surface area contributed by atoms with Crippen LogP contribution in [0.5, 0.6) is 5.75 Å². The smallest absolute Gasteiger partial charge is 0.419 e. The summed E-state index contributed by atoms with van der Waals surface area (Å²) in [6.45, 7) is 1.87. The van der Waals surface area contributed by atoms with E-state index in [9.17, 15) is 35.9 Å². The second-order valence-corrected chi connectivity index (χ2v) is 8.17. The predicted octanol–water partition coefficient (Wildman–Crippen LogP) is 4.29. The number of benzene rings is 1. The first-order valence-corrected chi connectivity index (χ1v) is 10.2. The number of aromatic nitrogens is 1. The van der Waals surface area contributed by atoms with Crippen LogP contribution in [0, 0.1) is 5.92 Å². The molecule has 0 spiro atoms. The minimum absolute atomic E-state index is 0.0228. The number of nitrogens with zero attached hydrogens (tertiary/aromatic N) is 1. The van der Waals surface area contributed by atoms with E-state index in [1.54, 1.807) is 0 Å². The van der Waals surface area contributed by atoms with E-state index in [1.807, 2.05) is 0 Å². The molecule has 0 bridgehead atoms. The van der Waals surface area contributed by atoms with Gasteiger partial charge in [0.25, 0.3) is 11.8 Å². The second kappa shape index (κ2) is 9.02. The molecule has 35 heavy (non-hydrogen) atoms. The van der Waals surface area contributed by atoms with E-state index < -0.39 is 59.0 Å². The third kappa shape index (κ3) is 4.77. The van der Waals surface area contributed by atoms with Crippen LogP contribution >= 0.6 is 0 Å². The Hall–Kier alpha value is -3.35. The Morgan fingerprint density at radius 1 is 1.17 bits per heavy atom. The summed E-state index contributed by atoms with van der Waals surface area (Å²) < 4.78 is 93.0. The van der Waals surface area contributed by atoms with Gasteiger partial charge in [0, 0.05) is 29.3 Å². The van der Waals surface area contributed by atoms with Crippen LogP contribution in [-0.2, 0) is 15.7 Å². The molecule has 0 saturated carbocycles. The molecule has 0 radical (unpaired) electrons. The fraction of sp³-hybridized carbons (Fsp3) is 0.409. The summed E-state index contributed by atoms with van der Waals surface area (Å²) in [5.74, 6) is -5.66. The summed E-state index contributed by atoms with van der Waals surface area (Å²) in [6, 6.07) is 5.27. The number of ether oxygens (including phenoxy) is 2. The molecule has 1 aromatic heterocycles. The molecule has 4 atom stereocenters. The number of nitrogens with one attached hydrogen (secondary N) is 1. The van der Waals surface area contributed by atoms with Gasteiger partial charge in [0.1, 0.15) is 17.5 Å². The van der Waals surface area contributed by atoms with Gasteiger partial charge in [-0.05, 0) is 25.1 Å². The molecule has 1 saturated heterocycles. The lowest BCUT2D eigenvalue weighted by Gasteiger charge is -2.32. The van der Waals surface area contributed by atoms with Crippen molar-refractivity contribution in [3.63, 3.8) is 0 Å². The van der Waals surface area contributed by atoms with Gasteiger partial charge in [0.2, 0.25) is 0 Å². The van der Waals surface area contributed by atoms with Crippen LogP contribution in [0.1, 0.15) is 41.4 Å². The minimum Gasteiger partial charge on any atom is -0.496 e. The van der Waals surface area contributed by atoms with Crippen molar-refractivity contribution in [3.05, 3.63) is 53.3 Å². The molecule has 2 heterocycles. The normalized spacial score (nSPS) is 24.8. The number of alkyl halides is 6. The molecule has 190 valence electrons. The molecule has 0 aliphatic carbocycles. The lowest BCUT2D eigenvalue weighted by atomic mass is 9.76. The maximum Gasteiger partial charge on any atom is 0.419 e. The van der Waals surface area contributed by atoms with E-state index in [1.165, 1.54) is 12.1 Å². The number of pyridine rings is 1. The number of hydrogen-bond donors (Lipinski definition) is 2. The zero-order chi connectivity index (χ0) is 26.3. The largest absolute Gasteiger partial charge is 0.496 e. The number of methoxy groups -OCH3 is 1. The van der Waals surface area contributed by atoms with Crippen LogP contribution in [0.4, 0.5) is 32.0 Å². The number of nitrogens with two attached hydrogens (primary N) is 1. The molecule has 1 aliphatic heterocycles. The van der Waals surface area contributed by atoms with Crippen molar-refractivity contribution in [2.45, 2.75) is 43.8 Å². The first-order chi connectivity index (χ1) is 16.1. The number of primary amides is 1. The average Bonchev–Trinajstić information content (AvgIpc) is 3.04. The highest BCUT2D eigenvalue weighted by molar-refractivity contribution is 5.97. The minimum atomic E-state index is -4.95. The Morgan fingerprint density at radius 3 is 2.37 bits per heavy atom. The van der Waals surface area contributed by atoms with Gasteiger partial charge >= 0.3 is 12.4 Å². The quantitative estimate of drug-likeness (QED) is 0.591. The molecule has 3 rings (SSSR count). The molecular formula is C22H21F6N3O4. The fourth-order valence-electron chi connectivity index (χ4n) is 4.15. The lowest BCUT2D eigenvalue weighted by molar-refractivity contribution is -0.272. The molecule has 13 heteroatoms. The van der Waals surface area contributed by atoms with Crippen molar-refractivity contribution < 1.29 is 45.4 Å². The Kier molecular flexibility index (Phi) is 6.77. The first-order valence-electron chi connectivity index (χ1n) is 10.2. The van der Waals surface area contributed by atoms with E-state index in [2.05, 4.69) is 10.3 Å². The third-order valence-corrected chi connectivity index (χ3v) is 6.12. The Bertz CT molecular complexity index is 1140. The van der Waals surface area contributed by atoms with Crippen molar-refractivity contribution in [1.29, 1.82) is 0 Å². The Balaban J connectivity index is 2.11. The van der Waals surface area contributed by atoms with Crippen molar-refractivity contribution >= 4 is 17.5 Å². The standard InChI is InChI=1S/C22H21F6N3O4/c1-10-15(12-5-4-6-13(16(12)34-3)21(23,24)25)17(35-20(10,2)22(26,27)28)19(33)31-11-7-8-30-14(9-11)18(29)32/h4-10,15,17H,1-3H3,(H2,29,32)(H,30,31,33)/t10-,15-,17-,20-/m0/s1. The maximum atomic E-state index is 14.0. The van der Waals surface area contributed by atoms with Gasteiger partial charge in [-0.2, -0.15) is 26.3 Å². The van der Waals surface area contributed by atoms with Crippen LogP contribution in [0.3, 0.4) is 0 Å². The predicted molar refractivity (Wildman–Crippen MR) is 111 cm³/mol. The zero-order valence-electron chi connectivity index (χ0n) is 18.6. The summed E-state index contributed by atoms with van der Waals surface area (Å²) in [6.07, 6.45) is -10.5. The Morgan fingerprint density at radius 2 is 1.83 bits per heavy atom. The molecule has 2 aromatic rings. The lowest BCUT2D eigenvalue weighted by Crippen LogP contribution is -2.47. The van der Waals surface area contributed by atoms with Crippen LogP contribution in [0.25, 0.3) is 0 Å². The molecule has 3 N–H and O–H groups in total. The topological polar surface area (TPSA) is 104 Å². The highest BCUT2D eigenvalue weighted by Gasteiger charge is 2.66. The van der Waals surface area contributed by atoms with Crippen molar-refractivity contribution in [2.75, 3.05) is 12.4 Å². The van der Waals surface area contributed by atoms with Crippen LogP contribution in [-0.4, -0.2) is 41.8 Å². The average molecular weight is 505 g/mol. The van der Waals surface area contributed by atoms with Gasteiger partial charge in [-0.15, -0.1) is 0 Å². The summed E-state index contributed by atoms with van der Waals surface area (Å²) in [5.41, 5.74) is 0.564. The maximum absolute atomic E-state index is 14.0. The van der Waals surface area contributed by atoms with Gasteiger partial charge < -0.3 is 20.5 Å². The van der Waals surface area contributed by atoms with Gasteiger partial charge in [0.05, 0.1) is 12.7 Å². The number of rotatable bonds is 5. The van der Waals surface area contributed by atoms with E-state index in [4.69, 9.17) is 15.2 Å². The summed E-state index contributed by atoms with van der Waals surface area (Å²) >= 11 is 0. The third-order valence-electron chi connectivity index (χ3n) is 6.12. The molecular weight excluding hydrogens is 484 g/mol. The van der Waals surface area contributed by atoms with Crippen molar-refractivity contribution in [2.24, 2.45) is 11.7 Å². The van der Waals surface area contributed by atoms with E-state index in [-0.39, 0.29) is 16.9 Å². The molecule has 1 aromatic carbocycles. The monoisotopic (exact) mass is 505 g/mol. The van der Waals surface area contributed by atoms with Gasteiger partial charge in [-0.1, -0.05) is 19.1 Å². The fourth-order valence-corrected chi connectivity index (χ4v) is 4.15. The highest BCUT2D eigenvalue weighted by Crippen LogP contribution is 2.55. The van der Waals surface area contributed by atoms with Crippen molar-refractivity contribution in [1.82, 2.24) is 4.98 Å². The second-order valence-electron chi connectivity index (χ2n) is 8.17.